The van der Waals surface area contributed by atoms with Gasteiger partial charge in [-0.1, -0.05) is 42.5 Å². The van der Waals surface area contributed by atoms with Crippen molar-refractivity contribution in [3.8, 4) is 0 Å². The topological polar surface area (TPSA) is 35.6 Å². The average molecular weight is 404 g/mol. The van der Waals surface area contributed by atoms with Crippen LogP contribution in [0.4, 0.5) is 5.69 Å². The van der Waals surface area contributed by atoms with Crippen molar-refractivity contribution in [2.75, 3.05) is 31.5 Å². The summed E-state index contributed by atoms with van der Waals surface area (Å²) in [7, 11) is 0. The largest absolute Gasteiger partial charge is 0.346 e. The summed E-state index contributed by atoms with van der Waals surface area (Å²) < 4.78 is 0. The molecule has 1 saturated heterocycles. The summed E-state index contributed by atoms with van der Waals surface area (Å²) >= 11 is 5.60. The number of carbonyl (C=O) groups excluding carboxylic acids is 1. The lowest BCUT2D eigenvalue weighted by atomic mass is 10.0. The maximum Gasteiger partial charge on any atom is 0.173 e. The average Bonchev–Trinajstić information content (AvgIpc) is 2.75. The van der Waals surface area contributed by atoms with E-state index in [1.807, 2.05) is 24.3 Å². The molecule has 0 unspecified atom stereocenters. The molecule has 0 aliphatic carbocycles. The molecule has 1 heterocycles. The number of rotatable bonds is 4. The molecule has 148 valence electrons. The lowest BCUT2D eigenvalue weighted by Gasteiger charge is -2.36. The molecule has 4 nitrogen and oxygen atoms in total. The van der Waals surface area contributed by atoms with Gasteiger partial charge in [-0.15, -0.1) is 0 Å². The number of thiocarbonyl (C=S) groups is 1. The first kappa shape index (κ1) is 19.6. The zero-order valence-corrected chi connectivity index (χ0v) is 17.4. The lowest BCUT2D eigenvalue weighted by Crippen LogP contribution is -2.49. The number of fused-ring (bicyclic) bond motifs is 1. The van der Waals surface area contributed by atoms with Crippen molar-refractivity contribution in [1.29, 1.82) is 0 Å². The molecule has 0 spiro atoms. The Balaban J connectivity index is 1.33. The highest BCUT2D eigenvalue weighted by Gasteiger charge is 2.19. The maximum absolute atomic E-state index is 11.4. The minimum Gasteiger partial charge on any atom is -0.346 e. The van der Waals surface area contributed by atoms with Crippen LogP contribution in [0.1, 0.15) is 22.8 Å². The number of ketones is 1. The Morgan fingerprint density at radius 1 is 0.931 bits per heavy atom. The highest BCUT2D eigenvalue weighted by molar-refractivity contribution is 7.80. The fourth-order valence-electron chi connectivity index (χ4n) is 3.77. The zero-order chi connectivity index (χ0) is 20.2. The van der Waals surface area contributed by atoms with Gasteiger partial charge in [-0.3, -0.25) is 9.69 Å². The second kappa shape index (κ2) is 8.72. The van der Waals surface area contributed by atoms with Crippen molar-refractivity contribution >= 4 is 39.6 Å². The van der Waals surface area contributed by atoms with Gasteiger partial charge in [-0.25, -0.2) is 0 Å². The standard InChI is InChI=1S/C24H25N3OS/c1-18(28)19-9-11-22(12-10-19)25-24(29)27-15-13-26(14-16-27)17-21-7-4-6-20-5-2-3-8-23(20)21/h2-12H,13-17H2,1H3,(H,25,29). The van der Waals surface area contributed by atoms with Crippen LogP contribution in [0, 0.1) is 0 Å². The van der Waals surface area contributed by atoms with E-state index in [-0.39, 0.29) is 5.78 Å². The van der Waals surface area contributed by atoms with E-state index >= 15 is 0 Å². The summed E-state index contributed by atoms with van der Waals surface area (Å²) in [6.07, 6.45) is 0. The Labute approximate surface area is 177 Å². The molecule has 1 aliphatic heterocycles. The molecule has 3 aromatic rings. The van der Waals surface area contributed by atoms with Gasteiger partial charge in [0.05, 0.1) is 0 Å². The molecule has 5 heteroatoms. The summed E-state index contributed by atoms with van der Waals surface area (Å²) in [5, 5.41) is 6.67. The molecule has 0 radical (unpaired) electrons. The smallest absolute Gasteiger partial charge is 0.173 e. The number of Topliss-reactive ketones (excluding diaryl/α,β-unsaturated/α-hetero) is 1. The van der Waals surface area contributed by atoms with Gasteiger partial charge in [-0.2, -0.15) is 0 Å². The van der Waals surface area contributed by atoms with E-state index in [9.17, 15) is 4.79 Å². The van der Waals surface area contributed by atoms with Crippen molar-refractivity contribution in [3.05, 3.63) is 77.9 Å². The van der Waals surface area contributed by atoms with Crippen LogP contribution in [-0.4, -0.2) is 46.9 Å². The third-order valence-corrected chi connectivity index (χ3v) is 5.84. The summed E-state index contributed by atoms with van der Waals surface area (Å²) in [6, 6.07) is 22.6. The van der Waals surface area contributed by atoms with E-state index in [0.717, 1.165) is 43.5 Å². The summed E-state index contributed by atoms with van der Waals surface area (Å²) in [6.45, 7) is 6.31. The Kier molecular flexibility index (Phi) is 5.88. The highest BCUT2D eigenvalue weighted by Crippen LogP contribution is 2.21. The molecular weight excluding hydrogens is 378 g/mol. The van der Waals surface area contributed by atoms with E-state index in [1.54, 1.807) is 6.92 Å². The second-order valence-corrected chi connectivity index (χ2v) is 7.85. The summed E-state index contributed by atoms with van der Waals surface area (Å²) in [5.74, 6) is 0.0708. The summed E-state index contributed by atoms with van der Waals surface area (Å²) in [4.78, 5) is 16.1. The Morgan fingerprint density at radius 3 is 2.34 bits per heavy atom. The van der Waals surface area contributed by atoms with Crippen LogP contribution in [0.5, 0.6) is 0 Å². The van der Waals surface area contributed by atoms with Gasteiger partial charge in [0.25, 0.3) is 0 Å². The zero-order valence-electron chi connectivity index (χ0n) is 16.6. The van der Waals surface area contributed by atoms with E-state index in [2.05, 4.69) is 57.6 Å². The number of carbonyl (C=O) groups is 1. The van der Waals surface area contributed by atoms with Crippen LogP contribution in [0.2, 0.25) is 0 Å². The molecule has 0 bridgehead atoms. The Hall–Kier alpha value is -2.76. The fraction of sp³-hybridized carbons (Fsp3) is 0.250. The molecule has 0 atom stereocenters. The van der Waals surface area contributed by atoms with Gasteiger partial charge in [0.15, 0.2) is 10.9 Å². The van der Waals surface area contributed by atoms with Gasteiger partial charge < -0.3 is 10.2 Å². The highest BCUT2D eigenvalue weighted by atomic mass is 32.1. The van der Waals surface area contributed by atoms with Gasteiger partial charge in [-0.05, 0) is 59.7 Å². The molecule has 0 aromatic heterocycles. The van der Waals surface area contributed by atoms with Gasteiger partial charge in [0.1, 0.15) is 0 Å². The van der Waals surface area contributed by atoms with Crippen molar-refractivity contribution in [2.45, 2.75) is 13.5 Å². The van der Waals surface area contributed by atoms with Gasteiger partial charge >= 0.3 is 0 Å². The number of nitrogens with zero attached hydrogens (tertiary/aromatic N) is 2. The monoisotopic (exact) mass is 403 g/mol. The molecule has 0 amide bonds. The molecule has 0 saturated carbocycles. The number of nitrogens with one attached hydrogen (secondary N) is 1. The lowest BCUT2D eigenvalue weighted by molar-refractivity contribution is 0.101. The molecule has 1 fully saturated rings. The predicted octanol–water partition coefficient (Wildman–Crippen LogP) is 4.56. The van der Waals surface area contributed by atoms with Crippen molar-refractivity contribution in [1.82, 2.24) is 9.80 Å². The first-order chi connectivity index (χ1) is 14.1. The number of anilines is 1. The Morgan fingerprint density at radius 2 is 1.62 bits per heavy atom. The van der Waals surface area contributed by atoms with Crippen LogP contribution in [0.3, 0.4) is 0 Å². The molecule has 1 aliphatic rings. The van der Waals surface area contributed by atoms with Crippen LogP contribution >= 0.6 is 12.2 Å². The van der Waals surface area contributed by atoms with E-state index in [1.165, 1.54) is 16.3 Å². The second-order valence-electron chi connectivity index (χ2n) is 7.47. The van der Waals surface area contributed by atoms with Gasteiger partial charge in [0, 0.05) is 44.0 Å². The van der Waals surface area contributed by atoms with E-state index in [0.29, 0.717) is 5.56 Å². The first-order valence-corrected chi connectivity index (χ1v) is 10.4. The van der Waals surface area contributed by atoms with Crippen molar-refractivity contribution < 1.29 is 4.79 Å². The number of benzene rings is 3. The number of hydrogen-bond donors (Lipinski definition) is 1. The van der Waals surface area contributed by atoms with Crippen LogP contribution in [-0.2, 0) is 6.54 Å². The third kappa shape index (κ3) is 4.63. The maximum atomic E-state index is 11.4. The van der Waals surface area contributed by atoms with E-state index < -0.39 is 0 Å². The third-order valence-electron chi connectivity index (χ3n) is 5.48. The van der Waals surface area contributed by atoms with Gasteiger partial charge in [0.2, 0.25) is 0 Å². The molecule has 29 heavy (non-hydrogen) atoms. The van der Waals surface area contributed by atoms with E-state index in [4.69, 9.17) is 12.2 Å². The first-order valence-electron chi connectivity index (χ1n) is 9.96. The van der Waals surface area contributed by atoms with Crippen molar-refractivity contribution in [2.24, 2.45) is 0 Å². The minimum absolute atomic E-state index is 0.0708. The van der Waals surface area contributed by atoms with Crippen LogP contribution in [0.15, 0.2) is 66.7 Å². The predicted molar refractivity (Wildman–Crippen MR) is 123 cm³/mol. The number of hydrogen-bond acceptors (Lipinski definition) is 3. The SMILES string of the molecule is CC(=O)c1ccc(NC(=S)N2CCN(Cc3cccc4ccccc34)CC2)cc1. The number of piperazine rings is 1. The normalized spacial score (nSPS) is 14.7. The molecule has 4 rings (SSSR count). The quantitative estimate of drug-likeness (QED) is 0.511. The Bertz CT molecular complexity index is 1020. The summed E-state index contributed by atoms with van der Waals surface area (Å²) in [5.41, 5.74) is 3.00. The molecule has 3 aromatic carbocycles. The van der Waals surface area contributed by atoms with Crippen LogP contribution in [0.25, 0.3) is 10.8 Å². The molecule has 1 N–H and O–H groups in total. The molecular formula is C24H25N3OS. The van der Waals surface area contributed by atoms with Crippen molar-refractivity contribution in [3.63, 3.8) is 0 Å². The van der Waals surface area contributed by atoms with Crippen LogP contribution < -0.4 is 5.32 Å². The fourth-order valence-corrected chi connectivity index (χ4v) is 4.07. The minimum atomic E-state index is 0.0708.